The van der Waals surface area contributed by atoms with E-state index >= 15 is 0 Å². The average Bonchev–Trinajstić information content (AvgIpc) is 2.18. The number of allylic oxidation sites excluding steroid dienone is 1. The van der Waals surface area contributed by atoms with Crippen molar-refractivity contribution >= 4 is 26.5 Å². The predicted molar refractivity (Wildman–Crippen MR) is 64.7 cm³/mol. The molecule has 1 radical (unpaired) electrons. The summed E-state index contributed by atoms with van der Waals surface area (Å²) in [6.45, 7) is 4.63. The predicted octanol–water partition coefficient (Wildman–Crippen LogP) is 2.83. The Morgan fingerprint density at radius 2 is 2.00 bits per heavy atom. The molecule has 0 aromatic heterocycles. The maximum absolute atomic E-state index is 5.37. The van der Waals surface area contributed by atoms with E-state index in [2.05, 4.69) is 21.0 Å². The van der Waals surface area contributed by atoms with Gasteiger partial charge in [0, 0.05) is 0 Å². The van der Waals surface area contributed by atoms with Crippen LogP contribution < -0.4 is 0 Å². The summed E-state index contributed by atoms with van der Waals surface area (Å²) in [6.07, 6.45) is 2.01. The van der Waals surface area contributed by atoms with Crippen LogP contribution in [-0.2, 0) is 4.74 Å². The molecule has 1 rings (SSSR count). The Morgan fingerprint density at radius 1 is 1.33 bits per heavy atom. The van der Waals surface area contributed by atoms with Gasteiger partial charge >= 0.3 is 98.7 Å². The number of aliphatic imine (C=N–C) groups is 1. The molecule has 0 spiro atoms. The van der Waals surface area contributed by atoms with E-state index < -0.39 is 0 Å². The second-order valence-electron chi connectivity index (χ2n) is 3.31. The molecular weight excluding hydrogens is 253 g/mol. The summed E-state index contributed by atoms with van der Waals surface area (Å²) in [5.74, 6) is 0. The fourth-order valence-corrected chi connectivity index (χ4v) is 1.28. The number of hydrogen-bond acceptors (Lipinski definition) is 2. The Bertz CT molecular complexity index is 353. The molecule has 0 amide bonds. The van der Waals surface area contributed by atoms with E-state index in [1.54, 1.807) is 0 Å². The molecule has 1 aromatic rings. The minimum absolute atomic E-state index is 0.557. The molecular formula is C12H14NOSe. The summed E-state index contributed by atoms with van der Waals surface area (Å²) >= 11 is 2.80. The second kappa shape index (κ2) is 6.44. The molecule has 0 atom stereocenters. The Labute approximate surface area is 98.9 Å². The second-order valence-corrected chi connectivity index (χ2v) is 4.04. The van der Waals surface area contributed by atoms with E-state index in [1.807, 2.05) is 50.3 Å². The molecule has 0 heterocycles. The van der Waals surface area contributed by atoms with E-state index in [1.165, 1.54) is 5.57 Å². The number of ether oxygens (including phenoxy) is 1. The van der Waals surface area contributed by atoms with Crippen molar-refractivity contribution in [2.75, 3.05) is 6.61 Å². The van der Waals surface area contributed by atoms with Crippen molar-refractivity contribution in [3.05, 3.63) is 42.0 Å². The monoisotopic (exact) mass is 268 g/mol. The van der Waals surface area contributed by atoms with Gasteiger partial charge in [0.05, 0.1) is 0 Å². The zero-order chi connectivity index (χ0) is 11.1. The Morgan fingerprint density at radius 3 is 2.60 bits per heavy atom. The van der Waals surface area contributed by atoms with Crippen LogP contribution in [0.1, 0.15) is 13.8 Å². The number of benzene rings is 1. The van der Waals surface area contributed by atoms with Gasteiger partial charge in [0.2, 0.25) is 0 Å². The fourth-order valence-electron chi connectivity index (χ4n) is 0.920. The molecule has 0 bridgehead atoms. The standard InChI is InChI=1S/C12H14NOSe/c1-10(2)8-9-14-12(15)13-11-6-4-3-5-7-11/h3-8H,9H2,1-2H3. The first-order valence-electron chi connectivity index (χ1n) is 4.75. The molecule has 0 saturated heterocycles. The normalized spacial score (nSPS) is 10.9. The van der Waals surface area contributed by atoms with Gasteiger partial charge in [0.1, 0.15) is 0 Å². The van der Waals surface area contributed by atoms with Crippen LogP contribution in [0.3, 0.4) is 0 Å². The van der Waals surface area contributed by atoms with Crippen LogP contribution >= 0.6 is 0 Å². The molecule has 2 nitrogen and oxygen atoms in total. The Kier molecular flexibility index (Phi) is 5.16. The number of para-hydroxylation sites is 1. The molecule has 15 heavy (non-hydrogen) atoms. The first-order chi connectivity index (χ1) is 7.18. The summed E-state index contributed by atoms with van der Waals surface area (Å²) < 4.78 is 5.37. The van der Waals surface area contributed by atoms with Crippen LogP contribution in [0.2, 0.25) is 0 Å². The first kappa shape index (κ1) is 12.0. The van der Waals surface area contributed by atoms with Crippen molar-refractivity contribution in [2.45, 2.75) is 13.8 Å². The average molecular weight is 267 g/mol. The quantitative estimate of drug-likeness (QED) is 0.357. The summed E-state index contributed by atoms with van der Waals surface area (Å²) in [6, 6.07) is 9.72. The van der Waals surface area contributed by atoms with Crippen molar-refractivity contribution in [1.29, 1.82) is 0 Å². The van der Waals surface area contributed by atoms with Gasteiger partial charge in [-0.1, -0.05) is 0 Å². The molecule has 0 saturated carbocycles. The van der Waals surface area contributed by atoms with Crippen molar-refractivity contribution < 1.29 is 4.74 Å². The van der Waals surface area contributed by atoms with Gasteiger partial charge < -0.3 is 0 Å². The zero-order valence-electron chi connectivity index (χ0n) is 8.93. The van der Waals surface area contributed by atoms with E-state index in [4.69, 9.17) is 4.74 Å². The molecule has 79 valence electrons. The van der Waals surface area contributed by atoms with Gasteiger partial charge in [-0.3, -0.25) is 0 Å². The van der Waals surface area contributed by atoms with Crippen LogP contribution in [0.4, 0.5) is 5.69 Å². The van der Waals surface area contributed by atoms with Crippen molar-refractivity contribution in [3.8, 4) is 0 Å². The third kappa shape index (κ3) is 5.40. The summed E-state index contributed by atoms with van der Waals surface area (Å²) in [4.78, 5) is 4.83. The zero-order valence-corrected chi connectivity index (χ0v) is 10.6. The number of nitrogens with zero attached hydrogens (tertiary/aromatic N) is 1. The fraction of sp³-hybridized carbons (Fsp3) is 0.250. The van der Waals surface area contributed by atoms with Crippen LogP contribution in [-0.4, -0.2) is 27.4 Å². The molecule has 1 aromatic carbocycles. The molecule has 0 fully saturated rings. The number of hydrogen-bond donors (Lipinski definition) is 0. The maximum atomic E-state index is 5.37. The van der Waals surface area contributed by atoms with E-state index in [0.717, 1.165) is 5.69 Å². The molecule has 0 unspecified atom stereocenters. The van der Waals surface area contributed by atoms with Crippen LogP contribution in [0.5, 0.6) is 0 Å². The third-order valence-electron chi connectivity index (χ3n) is 1.67. The molecule has 0 aliphatic carbocycles. The summed E-state index contributed by atoms with van der Waals surface area (Å²) in [5, 5.41) is 0. The van der Waals surface area contributed by atoms with E-state index in [-0.39, 0.29) is 0 Å². The Hall–Kier alpha value is -1.05. The number of rotatable bonds is 3. The van der Waals surface area contributed by atoms with Crippen molar-refractivity contribution in [3.63, 3.8) is 0 Å². The third-order valence-corrected chi connectivity index (χ3v) is 2.11. The topological polar surface area (TPSA) is 21.6 Å². The molecule has 0 aliphatic heterocycles. The molecule has 0 aliphatic rings. The summed E-state index contributed by atoms with van der Waals surface area (Å²) in [7, 11) is 0. The molecule has 3 heteroatoms. The van der Waals surface area contributed by atoms with Crippen LogP contribution in [0, 0.1) is 0 Å². The van der Waals surface area contributed by atoms with Gasteiger partial charge in [-0.05, 0) is 0 Å². The van der Waals surface area contributed by atoms with Gasteiger partial charge in [-0.2, -0.15) is 0 Å². The molecule has 0 N–H and O–H groups in total. The van der Waals surface area contributed by atoms with E-state index in [0.29, 0.717) is 11.4 Å². The first-order valence-corrected chi connectivity index (χ1v) is 5.61. The van der Waals surface area contributed by atoms with Gasteiger partial charge in [-0.15, -0.1) is 0 Å². The van der Waals surface area contributed by atoms with E-state index in [9.17, 15) is 0 Å². The SMILES string of the molecule is CC(C)=CCOC([Se])=Nc1ccccc1. The van der Waals surface area contributed by atoms with Gasteiger partial charge in [-0.25, -0.2) is 0 Å². The Balaban J connectivity index is 2.50. The van der Waals surface area contributed by atoms with Gasteiger partial charge in [0.25, 0.3) is 0 Å². The van der Waals surface area contributed by atoms with Crippen LogP contribution in [0.25, 0.3) is 0 Å². The minimum atomic E-state index is 0.557. The van der Waals surface area contributed by atoms with Crippen LogP contribution in [0.15, 0.2) is 47.0 Å². The van der Waals surface area contributed by atoms with Crippen molar-refractivity contribution in [1.82, 2.24) is 0 Å². The summed E-state index contributed by atoms with van der Waals surface area (Å²) in [5.41, 5.74) is 2.13. The van der Waals surface area contributed by atoms with Gasteiger partial charge in [0.15, 0.2) is 0 Å². The van der Waals surface area contributed by atoms with Crippen molar-refractivity contribution in [2.24, 2.45) is 4.99 Å².